The zero-order valence-electron chi connectivity index (χ0n) is 12.3. The Morgan fingerprint density at radius 2 is 1.89 bits per heavy atom. The van der Waals surface area contributed by atoms with Gasteiger partial charge in [0.15, 0.2) is 0 Å². The summed E-state index contributed by atoms with van der Waals surface area (Å²) in [5.74, 6) is 0.0963. The summed E-state index contributed by atoms with van der Waals surface area (Å²) in [7, 11) is 1.86. The van der Waals surface area contributed by atoms with Crippen molar-refractivity contribution in [2.45, 2.75) is 58.3 Å². The number of nitrogens with zero attached hydrogens (tertiary/aromatic N) is 2. The highest BCUT2D eigenvalue weighted by molar-refractivity contribution is 5.78. The van der Waals surface area contributed by atoms with Crippen molar-refractivity contribution in [2.24, 2.45) is 7.05 Å². The number of carbonyl (C=O) groups excluding carboxylic acids is 1. The second-order valence-corrected chi connectivity index (χ2v) is 5.17. The van der Waals surface area contributed by atoms with Crippen LogP contribution >= 0.6 is 0 Å². The molecule has 0 radical (unpaired) electrons. The predicted octanol–water partition coefficient (Wildman–Crippen LogP) is 2.83. The molecule has 19 heavy (non-hydrogen) atoms. The summed E-state index contributed by atoms with van der Waals surface area (Å²) >= 11 is 0. The van der Waals surface area contributed by atoms with Gasteiger partial charge in [-0.1, -0.05) is 45.4 Å². The molecule has 0 fully saturated rings. The van der Waals surface area contributed by atoms with Gasteiger partial charge in [-0.25, -0.2) is 0 Å². The van der Waals surface area contributed by atoms with Crippen LogP contribution in [0.3, 0.4) is 0 Å². The van der Waals surface area contributed by atoms with Crippen molar-refractivity contribution in [1.82, 2.24) is 15.1 Å². The summed E-state index contributed by atoms with van der Waals surface area (Å²) in [4.78, 5) is 11.6. The van der Waals surface area contributed by atoms with Gasteiger partial charge in [-0.3, -0.25) is 9.48 Å². The molecule has 0 aromatic carbocycles. The molecule has 1 heterocycles. The Balaban J connectivity index is 1.96. The van der Waals surface area contributed by atoms with Crippen LogP contribution in [0.5, 0.6) is 0 Å². The minimum atomic E-state index is 0.0963. The lowest BCUT2D eigenvalue weighted by molar-refractivity contribution is -0.120. The van der Waals surface area contributed by atoms with E-state index in [1.165, 1.54) is 38.5 Å². The molecule has 0 aliphatic carbocycles. The molecule has 0 bridgehead atoms. The van der Waals surface area contributed by atoms with E-state index in [4.69, 9.17) is 0 Å². The lowest BCUT2D eigenvalue weighted by Crippen LogP contribution is -2.25. The molecule has 1 amide bonds. The van der Waals surface area contributed by atoms with E-state index in [1.807, 2.05) is 13.2 Å². The highest BCUT2D eigenvalue weighted by atomic mass is 16.1. The molecular weight excluding hydrogens is 238 g/mol. The maximum absolute atomic E-state index is 11.6. The van der Waals surface area contributed by atoms with Gasteiger partial charge in [-0.15, -0.1) is 0 Å². The zero-order chi connectivity index (χ0) is 13.9. The molecule has 1 aromatic heterocycles. The molecule has 0 aliphatic rings. The predicted molar refractivity (Wildman–Crippen MR) is 77.9 cm³/mol. The van der Waals surface area contributed by atoms with Crippen LogP contribution in [0.15, 0.2) is 12.4 Å². The first kappa shape index (κ1) is 15.7. The normalized spacial score (nSPS) is 10.6. The monoisotopic (exact) mass is 265 g/mol. The van der Waals surface area contributed by atoms with Crippen LogP contribution in [-0.2, 0) is 18.3 Å². The third kappa shape index (κ3) is 7.65. The van der Waals surface area contributed by atoms with Crippen molar-refractivity contribution in [2.75, 3.05) is 6.54 Å². The molecule has 0 atom stereocenters. The fourth-order valence-electron chi connectivity index (χ4n) is 2.12. The molecule has 0 unspecified atom stereocenters. The second kappa shape index (κ2) is 9.59. The highest BCUT2D eigenvalue weighted by Crippen LogP contribution is 2.06. The Labute approximate surface area is 116 Å². The van der Waals surface area contributed by atoms with Crippen LogP contribution in [0.2, 0.25) is 0 Å². The number of aromatic nitrogens is 2. The largest absolute Gasteiger partial charge is 0.356 e. The highest BCUT2D eigenvalue weighted by Gasteiger charge is 2.04. The number of amides is 1. The lowest BCUT2D eigenvalue weighted by Gasteiger charge is -2.04. The molecule has 0 spiro atoms. The SMILES string of the molecule is CCCCCCCCCNC(=O)Cc1cnn(C)c1. The molecule has 4 nitrogen and oxygen atoms in total. The van der Waals surface area contributed by atoms with Crippen LogP contribution in [0.25, 0.3) is 0 Å². The van der Waals surface area contributed by atoms with Gasteiger partial charge in [-0.05, 0) is 12.0 Å². The molecule has 1 aromatic rings. The fourth-order valence-corrected chi connectivity index (χ4v) is 2.12. The molecule has 0 saturated carbocycles. The molecule has 4 heteroatoms. The van der Waals surface area contributed by atoms with Crippen molar-refractivity contribution in [3.8, 4) is 0 Å². The maximum Gasteiger partial charge on any atom is 0.224 e. The van der Waals surface area contributed by atoms with E-state index < -0.39 is 0 Å². The summed E-state index contributed by atoms with van der Waals surface area (Å²) in [5, 5.41) is 7.02. The number of carbonyl (C=O) groups is 1. The van der Waals surface area contributed by atoms with Crippen molar-refractivity contribution >= 4 is 5.91 Å². The first-order valence-electron chi connectivity index (χ1n) is 7.46. The number of aryl methyl sites for hydroxylation is 1. The van der Waals surface area contributed by atoms with Gasteiger partial charge >= 0.3 is 0 Å². The number of rotatable bonds is 10. The molecular formula is C15H27N3O. The Kier molecular flexibility index (Phi) is 7.94. The average molecular weight is 265 g/mol. The minimum absolute atomic E-state index is 0.0963. The Morgan fingerprint density at radius 1 is 1.21 bits per heavy atom. The van der Waals surface area contributed by atoms with E-state index in [1.54, 1.807) is 10.9 Å². The van der Waals surface area contributed by atoms with Gasteiger partial charge in [0.1, 0.15) is 0 Å². The van der Waals surface area contributed by atoms with Crippen molar-refractivity contribution in [1.29, 1.82) is 0 Å². The summed E-state index contributed by atoms with van der Waals surface area (Å²) in [6.45, 7) is 3.03. The van der Waals surface area contributed by atoms with E-state index in [-0.39, 0.29) is 5.91 Å². The summed E-state index contributed by atoms with van der Waals surface area (Å²) in [6, 6.07) is 0. The number of nitrogens with one attached hydrogen (secondary N) is 1. The molecule has 1 rings (SSSR count). The molecule has 108 valence electrons. The second-order valence-electron chi connectivity index (χ2n) is 5.17. The number of hydrogen-bond acceptors (Lipinski definition) is 2. The van der Waals surface area contributed by atoms with E-state index >= 15 is 0 Å². The van der Waals surface area contributed by atoms with Crippen molar-refractivity contribution < 1.29 is 4.79 Å². The third-order valence-electron chi connectivity index (χ3n) is 3.23. The van der Waals surface area contributed by atoms with Gasteiger partial charge in [0.25, 0.3) is 0 Å². The van der Waals surface area contributed by atoms with Crippen molar-refractivity contribution in [3.05, 3.63) is 18.0 Å². The van der Waals surface area contributed by atoms with Gasteiger partial charge in [0.05, 0.1) is 12.6 Å². The number of unbranched alkanes of at least 4 members (excludes halogenated alkanes) is 6. The first-order chi connectivity index (χ1) is 9.22. The van der Waals surface area contributed by atoms with Crippen LogP contribution in [0.1, 0.15) is 57.4 Å². The lowest BCUT2D eigenvalue weighted by atomic mass is 10.1. The minimum Gasteiger partial charge on any atom is -0.356 e. The zero-order valence-corrected chi connectivity index (χ0v) is 12.3. The Morgan fingerprint density at radius 3 is 2.53 bits per heavy atom. The Hall–Kier alpha value is -1.32. The molecule has 0 aliphatic heterocycles. The first-order valence-corrected chi connectivity index (χ1v) is 7.46. The smallest absolute Gasteiger partial charge is 0.224 e. The van der Waals surface area contributed by atoms with Crippen LogP contribution < -0.4 is 5.32 Å². The third-order valence-corrected chi connectivity index (χ3v) is 3.23. The van der Waals surface area contributed by atoms with E-state index in [0.717, 1.165) is 18.5 Å². The maximum atomic E-state index is 11.6. The van der Waals surface area contributed by atoms with Gasteiger partial charge in [0, 0.05) is 19.8 Å². The van der Waals surface area contributed by atoms with Crippen LogP contribution in [0.4, 0.5) is 0 Å². The van der Waals surface area contributed by atoms with Gasteiger partial charge < -0.3 is 5.32 Å². The summed E-state index contributed by atoms with van der Waals surface area (Å²) < 4.78 is 1.72. The topological polar surface area (TPSA) is 46.9 Å². The summed E-state index contributed by atoms with van der Waals surface area (Å²) in [6.07, 6.45) is 13.0. The Bertz CT molecular complexity index is 360. The van der Waals surface area contributed by atoms with E-state index in [9.17, 15) is 4.79 Å². The summed E-state index contributed by atoms with van der Waals surface area (Å²) in [5.41, 5.74) is 0.972. The molecule has 0 saturated heterocycles. The van der Waals surface area contributed by atoms with E-state index in [2.05, 4.69) is 17.3 Å². The van der Waals surface area contributed by atoms with Gasteiger partial charge in [-0.2, -0.15) is 5.10 Å². The van der Waals surface area contributed by atoms with Crippen LogP contribution in [-0.4, -0.2) is 22.2 Å². The average Bonchev–Trinajstić information content (AvgIpc) is 2.78. The van der Waals surface area contributed by atoms with Crippen LogP contribution in [0, 0.1) is 0 Å². The quantitative estimate of drug-likeness (QED) is 0.661. The van der Waals surface area contributed by atoms with Gasteiger partial charge in [0.2, 0.25) is 5.91 Å². The van der Waals surface area contributed by atoms with Crippen molar-refractivity contribution in [3.63, 3.8) is 0 Å². The standard InChI is InChI=1S/C15H27N3O/c1-3-4-5-6-7-8-9-10-16-15(19)11-14-12-17-18(2)13-14/h12-13H,3-11H2,1-2H3,(H,16,19). The molecule has 1 N–H and O–H groups in total. The van der Waals surface area contributed by atoms with E-state index in [0.29, 0.717) is 6.42 Å². The fraction of sp³-hybridized carbons (Fsp3) is 0.733. The number of hydrogen-bond donors (Lipinski definition) is 1.